The van der Waals surface area contributed by atoms with Crippen LogP contribution in [0.3, 0.4) is 0 Å². The molecule has 0 unspecified atom stereocenters. The van der Waals surface area contributed by atoms with Crippen LogP contribution < -0.4 is 0 Å². The van der Waals surface area contributed by atoms with Crippen molar-refractivity contribution in [2.45, 2.75) is 20.4 Å². The Balaban J connectivity index is 1.41. The number of ether oxygens (including phenoxy) is 1. The van der Waals surface area contributed by atoms with E-state index in [1.807, 2.05) is 11.8 Å². The Labute approximate surface area is 175 Å². The standard InChI is InChI=1S/C23H26N4O3/c1-16-7-8-27-20(17(2)24-21(27)13-16)15-25-9-11-26(12-10-25)22(28)18-5-4-6-19(14-18)23(29)30-3/h4-8,13-14H,9-12,15H2,1-3H3. The fourth-order valence-corrected chi connectivity index (χ4v) is 3.91. The van der Waals surface area contributed by atoms with E-state index in [0.717, 1.165) is 31.0 Å². The van der Waals surface area contributed by atoms with Crippen LogP contribution in [-0.4, -0.2) is 64.3 Å². The van der Waals surface area contributed by atoms with Gasteiger partial charge < -0.3 is 14.0 Å². The van der Waals surface area contributed by atoms with Gasteiger partial charge in [0.2, 0.25) is 0 Å². The van der Waals surface area contributed by atoms with Crippen molar-refractivity contribution in [2.24, 2.45) is 0 Å². The van der Waals surface area contributed by atoms with E-state index in [-0.39, 0.29) is 5.91 Å². The van der Waals surface area contributed by atoms with E-state index in [1.165, 1.54) is 18.4 Å². The van der Waals surface area contributed by atoms with E-state index in [9.17, 15) is 9.59 Å². The van der Waals surface area contributed by atoms with Gasteiger partial charge in [0.15, 0.2) is 0 Å². The predicted octanol–water partition coefficient (Wildman–Crippen LogP) is 2.70. The van der Waals surface area contributed by atoms with Crippen LogP contribution >= 0.6 is 0 Å². The molecule has 0 atom stereocenters. The molecule has 1 amide bonds. The van der Waals surface area contributed by atoms with Crippen LogP contribution in [0.25, 0.3) is 5.65 Å². The quantitative estimate of drug-likeness (QED) is 0.623. The number of benzene rings is 1. The average Bonchev–Trinajstić information content (AvgIpc) is 3.07. The summed E-state index contributed by atoms with van der Waals surface area (Å²) in [5.41, 5.74) is 5.30. The summed E-state index contributed by atoms with van der Waals surface area (Å²) in [6.07, 6.45) is 2.08. The molecule has 1 saturated heterocycles. The first-order chi connectivity index (χ1) is 14.5. The van der Waals surface area contributed by atoms with E-state index in [4.69, 9.17) is 4.74 Å². The molecule has 1 fully saturated rings. The minimum absolute atomic E-state index is 0.0538. The molecule has 7 heteroatoms. The molecule has 7 nitrogen and oxygen atoms in total. The number of aromatic nitrogens is 2. The lowest BCUT2D eigenvalue weighted by molar-refractivity contribution is 0.0600. The summed E-state index contributed by atoms with van der Waals surface area (Å²) in [4.78, 5) is 33.5. The van der Waals surface area contributed by atoms with Crippen molar-refractivity contribution in [3.63, 3.8) is 0 Å². The highest BCUT2D eigenvalue weighted by molar-refractivity contribution is 5.98. The highest BCUT2D eigenvalue weighted by atomic mass is 16.5. The Morgan fingerprint density at radius 2 is 1.77 bits per heavy atom. The number of nitrogens with zero attached hydrogens (tertiary/aromatic N) is 4. The number of hydrogen-bond donors (Lipinski definition) is 0. The highest BCUT2D eigenvalue weighted by Crippen LogP contribution is 2.18. The van der Waals surface area contributed by atoms with Crippen molar-refractivity contribution in [2.75, 3.05) is 33.3 Å². The van der Waals surface area contributed by atoms with Crippen LogP contribution in [0.2, 0.25) is 0 Å². The molecule has 0 N–H and O–H groups in total. The first kappa shape index (κ1) is 20.1. The summed E-state index contributed by atoms with van der Waals surface area (Å²) < 4.78 is 6.90. The molecule has 1 aliphatic heterocycles. The maximum Gasteiger partial charge on any atom is 0.337 e. The number of esters is 1. The number of aryl methyl sites for hydroxylation is 2. The molecule has 1 aromatic carbocycles. The van der Waals surface area contributed by atoms with Crippen LogP contribution in [-0.2, 0) is 11.3 Å². The van der Waals surface area contributed by atoms with E-state index in [0.29, 0.717) is 24.2 Å². The summed E-state index contributed by atoms with van der Waals surface area (Å²) in [6, 6.07) is 10.9. The van der Waals surface area contributed by atoms with Crippen molar-refractivity contribution in [3.05, 3.63) is 70.7 Å². The van der Waals surface area contributed by atoms with Gasteiger partial charge in [-0.25, -0.2) is 9.78 Å². The summed E-state index contributed by atoms with van der Waals surface area (Å²) in [7, 11) is 1.34. The van der Waals surface area contributed by atoms with Gasteiger partial charge in [0.1, 0.15) is 5.65 Å². The Morgan fingerprint density at radius 1 is 1.03 bits per heavy atom. The number of rotatable bonds is 4. The Bertz CT molecular complexity index is 1100. The zero-order chi connectivity index (χ0) is 21.3. The van der Waals surface area contributed by atoms with Crippen LogP contribution in [0.5, 0.6) is 0 Å². The molecule has 4 rings (SSSR count). The van der Waals surface area contributed by atoms with Crippen LogP contribution in [0.4, 0.5) is 0 Å². The number of hydrogen-bond acceptors (Lipinski definition) is 5. The van der Waals surface area contributed by atoms with Crippen LogP contribution in [0.1, 0.15) is 37.7 Å². The summed E-state index contributed by atoms with van der Waals surface area (Å²) >= 11 is 0. The van der Waals surface area contributed by atoms with Crippen molar-refractivity contribution in [3.8, 4) is 0 Å². The highest BCUT2D eigenvalue weighted by Gasteiger charge is 2.24. The summed E-state index contributed by atoms with van der Waals surface area (Å²) in [6.45, 7) is 7.80. The van der Waals surface area contributed by atoms with E-state index in [2.05, 4.69) is 39.5 Å². The van der Waals surface area contributed by atoms with E-state index in [1.54, 1.807) is 24.3 Å². The Kier molecular flexibility index (Phi) is 5.55. The van der Waals surface area contributed by atoms with Crippen molar-refractivity contribution < 1.29 is 14.3 Å². The molecule has 1 aliphatic rings. The molecule has 0 spiro atoms. The lowest BCUT2D eigenvalue weighted by atomic mass is 10.1. The van der Waals surface area contributed by atoms with Gasteiger partial charge in [0.05, 0.1) is 24.1 Å². The molecule has 2 aromatic heterocycles. The maximum absolute atomic E-state index is 12.9. The predicted molar refractivity (Wildman–Crippen MR) is 114 cm³/mol. The molecule has 3 aromatic rings. The zero-order valence-electron chi connectivity index (χ0n) is 17.6. The molecule has 3 heterocycles. The van der Waals surface area contributed by atoms with E-state index >= 15 is 0 Å². The number of piperazine rings is 1. The van der Waals surface area contributed by atoms with Crippen LogP contribution in [0.15, 0.2) is 42.6 Å². The summed E-state index contributed by atoms with van der Waals surface area (Å²) in [5, 5.41) is 0. The topological polar surface area (TPSA) is 67.2 Å². The molecular formula is C23H26N4O3. The summed E-state index contributed by atoms with van der Waals surface area (Å²) in [5.74, 6) is -0.491. The second kappa shape index (κ2) is 8.28. The third kappa shape index (κ3) is 3.93. The lowest BCUT2D eigenvalue weighted by Gasteiger charge is -2.34. The average molecular weight is 406 g/mol. The fraction of sp³-hybridized carbons (Fsp3) is 0.348. The smallest absolute Gasteiger partial charge is 0.337 e. The number of pyridine rings is 1. The molecule has 156 valence electrons. The van der Waals surface area contributed by atoms with Crippen molar-refractivity contribution in [1.82, 2.24) is 19.2 Å². The van der Waals surface area contributed by atoms with Gasteiger partial charge >= 0.3 is 5.97 Å². The third-order valence-electron chi connectivity index (χ3n) is 5.64. The normalized spacial score (nSPS) is 14.8. The van der Waals surface area contributed by atoms with Gasteiger partial charge in [-0.15, -0.1) is 0 Å². The molecule has 0 aliphatic carbocycles. The largest absolute Gasteiger partial charge is 0.465 e. The fourth-order valence-electron chi connectivity index (χ4n) is 3.91. The van der Waals surface area contributed by atoms with Gasteiger partial charge in [-0.1, -0.05) is 6.07 Å². The van der Waals surface area contributed by atoms with Gasteiger partial charge in [0, 0.05) is 44.5 Å². The Morgan fingerprint density at radius 3 is 2.50 bits per heavy atom. The molecule has 30 heavy (non-hydrogen) atoms. The van der Waals surface area contributed by atoms with Gasteiger partial charge in [-0.05, 0) is 49.7 Å². The second-order valence-corrected chi connectivity index (χ2v) is 7.72. The third-order valence-corrected chi connectivity index (χ3v) is 5.64. The van der Waals surface area contributed by atoms with Crippen LogP contribution in [0, 0.1) is 13.8 Å². The SMILES string of the molecule is COC(=O)c1cccc(C(=O)N2CCN(Cc3c(C)nc4cc(C)ccn34)CC2)c1. The van der Waals surface area contributed by atoms with Crippen molar-refractivity contribution in [1.29, 1.82) is 0 Å². The number of carbonyl (C=O) groups is 2. The molecular weight excluding hydrogens is 380 g/mol. The minimum atomic E-state index is -0.437. The first-order valence-electron chi connectivity index (χ1n) is 10.1. The number of methoxy groups -OCH3 is 1. The molecule has 0 bridgehead atoms. The number of carbonyl (C=O) groups excluding carboxylic acids is 2. The van der Waals surface area contributed by atoms with Crippen molar-refractivity contribution >= 4 is 17.5 Å². The number of fused-ring (bicyclic) bond motifs is 1. The van der Waals surface area contributed by atoms with E-state index < -0.39 is 5.97 Å². The molecule has 0 radical (unpaired) electrons. The maximum atomic E-state index is 12.9. The zero-order valence-corrected chi connectivity index (χ0v) is 17.6. The lowest BCUT2D eigenvalue weighted by Crippen LogP contribution is -2.48. The second-order valence-electron chi connectivity index (χ2n) is 7.72. The number of imidazole rings is 1. The minimum Gasteiger partial charge on any atom is -0.465 e. The Hall–Kier alpha value is -3.19. The monoisotopic (exact) mass is 406 g/mol. The van der Waals surface area contributed by atoms with Gasteiger partial charge in [0.25, 0.3) is 5.91 Å². The first-order valence-corrected chi connectivity index (χ1v) is 10.1. The van der Waals surface area contributed by atoms with Gasteiger partial charge in [-0.3, -0.25) is 9.69 Å². The van der Waals surface area contributed by atoms with Gasteiger partial charge in [-0.2, -0.15) is 0 Å². The molecule has 0 saturated carbocycles. The number of amides is 1.